The second kappa shape index (κ2) is 11.3. The van der Waals surface area contributed by atoms with Crippen molar-refractivity contribution >= 4 is 6.08 Å². The summed E-state index contributed by atoms with van der Waals surface area (Å²) in [6.45, 7) is 5.77. The minimum atomic E-state index is -0.307. The number of rotatable bonds is 10. The van der Waals surface area contributed by atoms with Crippen molar-refractivity contribution in [1.82, 2.24) is 0 Å². The molecule has 3 rings (SSSR count). The van der Waals surface area contributed by atoms with Gasteiger partial charge in [-0.25, -0.2) is 4.39 Å². The Bertz CT molecular complexity index is 1000. The number of aliphatic hydroxyl groups is 1. The minimum Gasteiger partial charge on any atom is -0.489 e. The van der Waals surface area contributed by atoms with Gasteiger partial charge in [-0.1, -0.05) is 73.3 Å². The lowest BCUT2D eigenvalue weighted by atomic mass is 9.99. The molecular weight excluding hydrogens is 387 g/mol. The van der Waals surface area contributed by atoms with E-state index in [1.54, 1.807) is 18.2 Å². The van der Waals surface area contributed by atoms with Crippen molar-refractivity contribution in [1.29, 1.82) is 0 Å². The minimum absolute atomic E-state index is 0.230. The first-order chi connectivity index (χ1) is 15.1. The monoisotopic (exact) mass is 416 g/mol. The van der Waals surface area contributed by atoms with Gasteiger partial charge in [0.15, 0.2) is 0 Å². The Morgan fingerprint density at radius 3 is 2.23 bits per heavy atom. The average molecular weight is 417 g/mol. The maximum atomic E-state index is 14.5. The number of halogens is 1. The molecule has 31 heavy (non-hydrogen) atoms. The molecule has 0 aliphatic heterocycles. The third-order valence-electron chi connectivity index (χ3n) is 5.05. The molecule has 3 aromatic carbocycles. The van der Waals surface area contributed by atoms with Crippen LogP contribution in [0.4, 0.5) is 4.39 Å². The van der Waals surface area contributed by atoms with Crippen molar-refractivity contribution in [2.75, 3.05) is 6.61 Å². The molecule has 1 atom stereocenters. The van der Waals surface area contributed by atoms with Crippen LogP contribution in [0.2, 0.25) is 0 Å². The van der Waals surface area contributed by atoms with Crippen LogP contribution < -0.4 is 4.74 Å². The fourth-order valence-corrected chi connectivity index (χ4v) is 3.35. The van der Waals surface area contributed by atoms with Crippen molar-refractivity contribution in [2.45, 2.75) is 32.3 Å². The van der Waals surface area contributed by atoms with Crippen LogP contribution in [0.5, 0.6) is 5.75 Å². The number of benzene rings is 3. The first kappa shape index (κ1) is 22.5. The van der Waals surface area contributed by atoms with Crippen LogP contribution in [-0.4, -0.2) is 17.8 Å². The standard InChI is InChI=1S/C28H29FO2/c1-3-19-31-26-17-18-27(28(29)20-26)25-15-13-24(14-16-25)23-11-9-22(10-12-23)8-6-4-5-7-21(2)30/h3,6,8-18,20-21,30H,1,4-5,7,19H2,2H3/b8-6+. The zero-order chi connectivity index (χ0) is 22.1. The van der Waals surface area contributed by atoms with E-state index in [2.05, 4.69) is 43.0 Å². The maximum Gasteiger partial charge on any atom is 0.134 e. The van der Waals surface area contributed by atoms with Gasteiger partial charge in [-0.05, 0) is 60.6 Å². The van der Waals surface area contributed by atoms with E-state index in [4.69, 9.17) is 4.74 Å². The van der Waals surface area contributed by atoms with Crippen LogP contribution in [0.3, 0.4) is 0 Å². The average Bonchev–Trinajstić information content (AvgIpc) is 2.78. The van der Waals surface area contributed by atoms with Crippen LogP contribution in [0, 0.1) is 5.82 Å². The number of unbranched alkanes of at least 4 members (excludes halogenated alkanes) is 1. The second-order valence-corrected chi connectivity index (χ2v) is 7.62. The van der Waals surface area contributed by atoms with E-state index in [1.807, 2.05) is 31.2 Å². The molecule has 1 unspecified atom stereocenters. The largest absolute Gasteiger partial charge is 0.489 e. The lowest BCUT2D eigenvalue weighted by Gasteiger charge is -2.09. The summed E-state index contributed by atoms with van der Waals surface area (Å²) < 4.78 is 19.9. The summed E-state index contributed by atoms with van der Waals surface area (Å²) in [7, 11) is 0. The van der Waals surface area contributed by atoms with Gasteiger partial charge in [0.1, 0.15) is 18.2 Å². The Hall–Kier alpha value is -3.17. The molecule has 0 bridgehead atoms. The Labute approximate surface area is 184 Å². The predicted octanol–water partition coefficient (Wildman–Crippen LogP) is 7.29. The van der Waals surface area contributed by atoms with Gasteiger partial charge < -0.3 is 9.84 Å². The molecular formula is C28H29FO2. The van der Waals surface area contributed by atoms with E-state index in [9.17, 15) is 9.50 Å². The zero-order valence-corrected chi connectivity index (χ0v) is 17.9. The summed E-state index contributed by atoms with van der Waals surface area (Å²) in [5, 5.41) is 9.29. The highest BCUT2D eigenvalue weighted by molar-refractivity contribution is 5.71. The van der Waals surface area contributed by atoms with Gasteiger partial charge in [0, 0.05) is 11.6 Å². The molecule has 0 amide bonds. The quantitative estimate of drug-likeness (QED) is 0.278. The van der Waals surface area contributed by atoms with Crippen molar-refractivity contribution < 1.29 is 14.2 Å². The molecule has 2 nitrogen and oxygen atoms in total. The van der Waals surface area contributed by atoms with E-state index < -0.39 is 0 Å². The first-order valence-electron chi connectivity index (χ1n) is 10.7. The van der Waals surface area contributed by atoms with Crippen LogP contribution in [0.25, 0.3) is 28.3 Å². The Balaban J connectivity index is 1.65. The lowest BCUT2D eigenvalue weighted by Crippen LogP contribution is -1.97. The van der Waals surface area contributed by atoms with E-state index in [1.165, 1.54) is 6.07 Å². The molecule has 0 aromatic heterocycles. The highest BCUT2D eigenvalue weighted by Crippen LogP contribution is 2.29. The number of hydrogen-bond acceptors (Lipinski definition) is 2. The van der Waals surface area contributed by atoms with Crippen LogP contribution >= 0.6 is 0 Å². The zero-order valence-electron chi connectivity index (χ0n) is 17.9. The molecule has 0 aliphatic carbocycles. The summed E-state index contributed by atoms with van der Waals surface area (Å²) >= 11 is 0. The second-order valence-electron chi connectivity index (χ2n) is 7.62. The maximum absolute atomic E-state index is 14.5. The topological polar surface area (TPSA) is 29.5 Å². The molecule has 0 saturated carbocycles. The molecule has 3 heteroatoms. The summed E-state index contributed by atoms with van der Waals surface area (Å²) in [4.78, 5) is 0. The third-order valence-corrected chi connectivity index (χ3v) is 5.05. The molecule has 0 heterocycles. The lowest BCUT2D eigenvalue weighted by molar-refractivity contribution is 0.182. The molecule has 0 fully saturated rings. The number of hydrogen-bond donors (Lipinski definition) is 1. The molecule has 1 N–H and O–H groups in total. The molecule has 0 saturated heterocycles. The van der Waals surface area contributed by atoms with E-state index in [0.717, 1.165) is 41.5 Å². The highest BCUT2D eigenvalue weighted by Gasteiger charge is 2.07. The van der Waals surface area contributed by atoms with Gasteiger partial charge in [-0.15, -0.1) is 0 Å². The normalized spacial score (nSPS) is 12.1. The molecule has 160 valence electrons. The summed E-state index contributed by atoms with van der Waals surface area (Å²) in [6.07, 6.45) is 8.44. The fraction of sp³-hybridized carbons (Fsp3) is 0.214. The number of aliphatic hydroxyl groups excluding tert-OH is 1. The Morgan fingerprint density at radius 2 is 1.61 bits per heavy atom. The number of allylic oxidation sites excluding steroid dienone is 1. The van der Waals surface area contributed by atoms with Gasteiger partial charge in [-0.3, -0.25) is 0 Å². The van der Waals surface area contributed by atoms with Crippen molar-refractivity contribution in [3.8, 4) is 28.0 Å². The van der Waals surface area contributed by atoms with Gasteiger partial charge in [0.05, 0.1) is 6.10 Å². The van der Waals surface area contributed by atoms with Gasteiger partial charge in [0.25, 0.3) is 0 Å². The molecule has 3 aromatic rings. The van der Waals surface area contributed by atoms with Gasteiger partial charge in [0.2, 0.25) is 0 Å². The van der Waals surface area contributed by atoms with E-state index in [-0.39, 0.29) is 11.9 Å². The van der Waals surface area contributed by atoms with Crippen LogP contribution in [0.1, 0.15) is 31.7 Å². The summed E-state index contributed by atoms with van der Waals surface area (Å²) in [6, 6.07) is 21.2. The van der Waals surface area contributed by atoms with E-state index in [0.29, 0.717) is 17.9 Å². The Morgan fingerprint density at radius 1 is 0.968 bits per heavy atom. The number of ether oxygens (including phenoxy) is 1. The van der Waals surface area contributed by atoms with Crippen molar-refractivity contribution in [3.05, 3.63) is 96.8 Å². The van der Waals surface area contributed by atoms with E-state index >= 15 is 0 Å². The molecule has 0 aliphatic rings. The summed E-state index contributed by atoms with van der Waals surface area (Å²) in [5.74, 6) is 0.189. The van der Waals surface area contributed by atoms with Crippen LogP contribution in [-0.2, 0) is 0 Å². The Kier molecular flexibility index (Phi) is 8.19. The first-order valence-corrected chi connectivity index (χ1v) is 10.7. The fourth-order valence-electron chi connectivity index (χ4n) is 3.35. The molecule has 0 radical (unpaired) electrons. The molecule has 0 spiro atoms. The van der Waals surface area contributed by atoms with Crippen molar-refractivity contribution in [3.63, 3.8) is 0 Å². The smallest absolute Gasteiger partial charge is 0.134 e. The third kappa shape index (κ3) is 6.66. The van der Waals surface area contributed by atoms with Crippen molar-refractivity contribution in [2.24, 2.45) is 0 Å². The predicted molar refractivity (Wildman–Crippen MR) is 128 cm³/mol. The van der Waals surface area contributed by atoms with Gasteiger partial charge in [-0.2, -0.15) is 0 Å². The van der Waals surface area contributed by atoms with Gasteiger partial charge >= 0.3 is 0 Å². The highest BCUT2D eigenvalue weighted by atomic mass is 19.1. The SMILES string of the molecule is C=CCOc1ccc(-c2ccc(-c3ccc(/C=C/CCCC(C)O)cc3)cc2)c(F)c1. The van der Waals surface area contributed by atoms with Crippen LogP contribution in [0.15, 0.2) is 85.5 Å². The summed E-state index contributed by atoms with van der Waals surface area (Å²) in [5.41, 5.74) is 4.73.